The van der Waals surface area contributed by atoms with E-state index in [0.29, 0.717) is 6.54 Å². The number of terminal acetylenes is 1. The highest BCUT2D eigenvalue weighted by molar-refractivity contribution is 9.10. The topological polar surface area (TPSA) is 35.2 Å². The normalized spacial score (nSPS) is 9.50. The van der Waals surface area contributed by atoms with Crippen LogP contribution in [0, 0.1) is 12.3 Å². The Morgan fingerprint density at radius 1 is 1.50 bits per heavy atom. The van der Waals surface area contributed by atoms with Gasteiger partial charge in [0.25, 0.3) is 0 Å². The molecule has 0 amide bonds. The molecule has 14 heavy (non-hydrogen) atoms. The first-order chi connectivity index (χ1) is 6.77. The zero-order valence-electron chi connectivity index (χ0n) is 7.79. The number of hydrogen-bond donors (Lipinski definition) is 1. The number of hydrogen-bond acceptors (Lipinski definition) is 2. The summed E-state index contributed by atoms with van der Waals surface area (Å²) in [6, 6.07) is 5.88. The van der Waals surface area contributed by atoms with E-state index >= 15 is 0 Å². The van der Waals surface area contributed by atoms with E-state index in [2.05, 4.69) is 21.9 Å². The summed E-state index contributed by atoms with van der Waals surface area (Å²) in [7, 11) is 0. The van der Waals surface area contributed by atoms with Crippen molar-refractivity contribution in [1.29, 1.82) is 0 Å². The molecule has 0 aliphatic heterocycles. The van der Waals surface area contributed by atoms with Gasteiger partial charge in [0.1, 0.15) is 12.4 Å². The average Bonchev–Trinajstić information content (AvgIpc) is 2.17. The van der Waals surface area contributed by atoms with Gasteiger partial charge in [0.2, 0.25) is 0 Å². The Balaban J connectivity index is 2.75. The van der Waals surface area contributed by atoms with Crippen LogP contribution in [0.2, 0.25) is 0 Å². The molecular formula is C11H12BrNO. The first kappa shape index (κ1) is 11.1. The predicted octanol–water partition coefficient (Wildman–Crippen LogP) is 1.96. The Kier molecular flexibility index (Phi) is 4.51. The fourth-order valence-electron chi connectivity index (χ4n) is 1.10. The molecule has 0 fully saturated rings. The third-order valence-electron chi connectivity index (χ3n) is 1.74. The molecular weight excluding hydrogens is 242 g/mol. The summed E-state index contributed by atoms with van der Waals surface area (Å²) in [5.41, 5.74) is 6.64. The summed E-state index contributed by atoms with van der Waals surface area (Å²) in [5.74, 6) is 3.19. The van der Waals surface area contributed by atoms with Gasteiger partial charge >= 0.3 is 0 Å². The molecule has 0 aromatic heterocycles. The fourth-order valence-corrected chi connectivity index (χ4v) is 1.64. The van der Waals surface area contributed by atoms with Crippen LogP contribution < -0.4 is 10.5 Å². The minimum atomic E-state index is 0.287. The lowest BCUT2D eigenvalue weighted by atomic mass is 10.1. The molecule has 0 saturated heterocycles. The Hall–Kier alpha value is -0.980. The van der Waals surface area contributed by atoms with Gasteiger partial charge in [-0.05, 0) is 46.6 Å². The van der Waals surface area contributed by atoms with Crippen molar-refractivity contribution in [3.05, 3.63) is 28.2 Å². The van der Waals surface area contributed by atoms with Gasteiger partial charge in [-0.2, -0.15) is 0 Å². The molecule has 1 rings (SSSR count). The third kappa shape index (κ3) is 3.06. The number of halogens is 1. The highest BCUT2D eigenvalue weighted by Crippen LogP contribution is 2.25. The lowest BCUT2D eigenvalue weighted by Crippen LogP contribution is -2.03. The van der Waals surface area contributed by atoms with Crippen molar-refractivity contribution in [3.63, 3.8) is 0 Å². The molecule has 2 N–H and O–H groups in total. The van der Waals surface area contributed by atoms with Crippen LogP contribution >= 0.6 is 15.9 Å². The van der Waals surface area contributed by atoms with E-state index in [4.69, 9.17) is 16.9 Å². The van der Waals surface area contributed by atoms with Crippen molar-refractivity contribution in [3.8, 4) is 18.1 Å². The minimum Gasteiger partial charge on any atom is -0.480 e. The minimum absolute atomic E-state index is 0.287. The van der Waals surface area contributed by atoms with Crippen LogP contribution in [0.25, 0.3) is 0 Å². The smallest absolute Gasteiger partial charge is 0.148 e. The molecule has 2 nitrogen and oxygen atoms in total. The fraction of sp³-hybridized carbons (Fsp3) is 0.273. The molecule has 0 saturated carbocycles. The van der Waals surface area contributed by atoms with Crippen molar-refractivity contribution < 1.29 is 4.74 Å². The molecule has 0 spiro atoms. The number of nitrogens with two attached hydrogens (primary N) is 1. The van der Waals surface area contributed by atoms with Crippen molar-refractivity contribution in [2.24, 2.45) is 5.73 Å². The standard InChI is InChI=1S/C11H12BrNO/c1-2-7-14-11-4-3-9(5-6-13)8-10(11)12/h1,3-4,8H,5-7,13H2. The highest BCUT2D eigenvalue weighted by atomic mass is 79.9. The zero-order valence-corrected chi connectivity index (χ0v) is 9.38. The molecule has 0 bridgehead atoms. The van der Waals surface area contributed by atoms with Gasteiger partial charge in [0.05, 0.1) is 4.47 Å². The van der Waals surface area contributed by atoms with Crippen LogP contribution in [0.5, 0.6) is 5.75 Å². The van der Waals surface area contributed by atoms with E-state index in [0.717, 1.165) is 16.6 Å². The predicted molar refractivity (Wildman–Crippen MR) is 61.2 cm³/mol. The zero-order chi connectivity index (χ0) is 10.4. The van der Waals surface area contributed by atoms with E-state index in [1.807, 2.05) is 18.2 Å². The van der Waals surface area contributed by atoms with Crippen molar-refractivity contribution in [1.82, 2.24) is 0 Å². The van der Waals surface area contributed by atoms with Gasteiger partial charge in [0, 0.05) is 0 Å². The number of ether oxygens (including phenoxy) is 1. The highest BCUT2D eigenvalue weighted by Gasteiger charge is 2.01. The monoisotopic (exact) mass is 253 g/mol. The van der Waals surface area contributed by atoms with E-state index in [1.165, 1.54) is 5.56 Å². The van der Waals surface area contributed by atoms with Gasteiger partial charge in [-0.25, -0.2) is 0 Å². The summed E-state index contributed by atoms with van der Waals surface area (Å²) >= 11 is 3.41. The maximum absolute atomic E-state index is 5.46. The summed E-state index contributed by atoms with van der Waals surface area (Å²) < 4.78 is 6.22. The summed E-state index contributed by atoms with van der Waals surface area (Å²) in [4.78, 5) is 0. The van der Waals surface area contributed by atoms with Gasteiger partial charge in [-0.1, -0.05) is 12.0 Å². The maximum atomic E-state index is 5.46. The lowest BCUT2D eigenvalue weighted by molar-refractivity contribution is 0.368. The first-order valence-electron chi connectivity index (χ1n) is 4.32. The van der Waals surface area contributed by atoms with Gasteiger partial charge in [0.15, 0.2) is 0 Å². The van der Waals surface area contributed by atoms with Crippen LogP contribution in [0.15, 0.2) is 22.7 Å². The maximum Gasteiger partial charge on any atom is 0.148 e. The molecule has 0 radical (unpaired) electrons. The van der Waals surface area contributed by atoms with E-state index < -0.39 is 0 Å². The molecule has 0 aliphatic carbocycles. The second kappa shape index (κ2) is 5.69. The molecule has 0 aliphatic rings. The molecule has 0 heterocycles. The Bertz CT molecular complexity index is 344. The second-order valence-corrected chi connectivity index (χ2v) is 3.65. The van der Waals surface area contributed by atoms with Crippen molar-refractivity contribution in [2.75, 3.05) is 13.2 Å². The Morgan fingerprint density at radius 2 is 2.29 bits per heavy atom. The summed E-state index contributed by atoms with van der Waals surface area (Å²) in [5, 5.41) is 0. The molecule has 1 aromatic carbocycles. The second-order valence-electron chi connectivity index (χ2n) is 2.80. The van der Waals surface area contributed by atoms with Crippen LogP contribution in [0.1, 0.15) is 5.56 Å². The third-order valence-corrected chi connectivity index (χ3v) is 2.36. The average molecular weight is 254 g/mol. The summed E-state index contributed by atoms with van der Waals surface area (Å²) in [6.07, 6.45) is 5.97. The van der Waals surface area contributed by atoms with Crippen LogP contribution in [0.3, 0.4) is 0 Å². The summed E-state index contributed by atoms with van der Waals surface area (Å²) in [6.45, 7) is 0.936. The quantitative estimate of drug-likeness (QED) is 0.833. The number of rotatable bonds is 4. The molecule has 0 atom stereocenters. The SMILES string of the molecule is C#CCOc1ccc(CCN)cc1Br. The first-order valence-corrected chi connectivity index (χ1v) is 5.12. The van der Waals surface area contributed by atoms with E-state index in [-0.39, 0.29) is 6.61 Å². The van der Waals surface area contributed by atoms with Crippen LogP contribution in [-0.4, -0.2) is 13.2 Å². The van der Waals surface area contributed by atoms with Crippen molar-refractivity contribution >= 4 is 15.9 Å². The molecule has 0 unspecified atom stereocenters. The van der Waals surface area contributed by atoms with Gasteiger partial charge < -0.3 is 10.5 Å². The molecule has 74 valence electrons. The van der Waals surface area contributed by atoms with Crippen LogP contribution in [0.4, 0.5) is 0 Å². The molecule has 3 heteroatoms. The Morgan fingerprint density at radius 3 is 2.86 bits per heavy atom. The van der Waals surface area contributed by atoms with Gasteiger partial charge in [-0.15, -0.1) is 6.42 Å². The van der Waals surface area contributed by atoms with E-state index in [1.54, 1.807) is 0 Å². The lowest BCUT2D eigenvalue weighted by Gasteiger charge is -2.06. The van der Waals surface area contributed by atoms with Crippen LogP contribution in [-0.2, 0) is 6.42 Å². The van der Waals surface area contributed by atoms with E-state index in [9.17, 15) is 0 Å². The molecule has 1 aromatic rings. The van der Waals surface area contributed by atoms with Gasteiger partial charge in [-0.3, -0.25) is 0 Å². The van der Waals surface area contributed by atoms with Crippen molar-refractivity contribution in [2.45, 2.75) is 6.42 Å². The Labute approximate surface area is 92.6 Å². The largest absolute Gasteiger partial charge is 0.480 e. The number of benzene rings is 1.